The molecule has 0 aliphatic carbocycles. The molecule has 0 spiro atoms. The van der Waals surface area contributed by atoms with Gasteiger partial charge in [-0.25, -0.2) is 9.59 Å². The summed E-state index contributed by atoms with van der Waals surface area (Å²) in [6, 6.07) is 8.59. The Hall–Kier alpha value is -3.09. The Balaban J connectivity index is 1.97. The number of amides is 2. The van der Waals surface area contributed by atoms with Crippen LogP contribution in [0.25, 0.3) is 0 Å². The number of carbonyl (C=O) groups excluding carboxylic acids is 3. The van der Waals surface area contributed by atoms with Crippen molar-refractivity contribution in [3.05, 3.63) is 53.9 Å². The van der Waals surface area contributed by atoms with Crippen molar-refractivity contribution in [2.45, 2.75) is 0 Å². The van der Waals surface area contributed by atoms with Crippen molar-refractivity contribution in [3.63, 3.8) is 0 Å². The highest BCUT2D eigenvalue weighted by atomic mass is 16.5. The second kappa shape index (κ2) is 6.38. The van der Waals surface area contributed by atoms with Gasteiger partial charge in [0.15, 0.2) is 6.61 Å². The molecule has 21 heavy (non-hydrogen) atoms. The molecule has 7 heteroatoms. The first-order chi connectivity index (χ1) is 10.1. The number of carbonyl (C=O) groups is 3. The normalized spacial score (nSPS) is 9.90. The van der Waals surface area contributed by atoms with E-state index in [1.807, 2.05) is 0 Å². The smallest absolute Gasteiger partial charge is 0.338 e. The number of primary amides is 1. The quantitative estimate of drug-likeness (QED) is 0.571. The molecule has 1 aromatic heterocycles. The fourth-order valence-corrected chi connectivity index (χ4v) is 1.66. The topological polar surface area (TPSA) is 114 Å². The molecule has 2 amide bonds. The van der Waals surface area contributed by atoms with Crippen LogP contribution in [0, 0.1) is 0 Å². The third kappa shape index (κ3) is 3.93. The van der Waals surface area contributed by atoms with E-state index in [0.29, 0.717) is 11.4 Å². The number of benzene rings is 1. The predicted octanol–water partition coefficient (Wildman–Crippen LogP) is 1.55. The maximum atomic E-state index is 11.8. The van der Waals surface area contributed by atoms with Gasteiger partial charge in [-0.05, 0) is 30.3 Å². The zero-order valence-electron chi connectivity index (χ0n) is 11.0. The van der Waals surface area contributed by atoms with E-state index >= 15 is 0 Å². The van der Waals surface area contributed by atoms with Crippen LogP contribution in [0.3, 0.4) is 0 Å². The van der Waals surface area contributed by atoms with Crippen molar-refractivity contribution in [3.8, 4) is 0 Å². The van der Waals surface area contributed by atoms with Crippen LogP contribution in [0.15, 0.2) is 42.6 Å². The number of nitrogens with two attached hydrogens (primary N) is 1. The summed E-state index contributed by atoms with van der Waals surface area (Å²) in [7, 11) is 0. The van der Waals surface area contributed by atoms with E-state index < -0.39 is 12.0 Å². The number of ether oxygens (including phenoxy) is 1. The molecule has 0 bridgehead atoms. The standard InChI is InChI=1S/C14H13N3O4/c15-14(20)17-10-4-1-3-9(7-10)13(19)21-8-12(18)11-5-2-6-16-11/h1-7,16H,8H2,(H3,15,17,20). The molecular weight excluding hydrogens is 274 g/mol. The Morgan fingerprint density at radius 2 is 2.00 bits per heavy atom. The fourth-order valence-electron chi connectivity index (χ4n) is 1.66. The van der Waals surface area contributed by atoms with Crippen molar-refractivity contribution in [2.75, 3.05) is 11.9 Å². The molecule has 0 unspecified atom stereocenters. The minimum absolute atomic E-state index is 0.209. The minimum atomic E-state index is -0.734. The highest BCUT2D eigenvalue weighted by Crippen LogP contribution is 2.11. The molecule has 0 fully saturated rings. The molecule has 2 rings (SSSR count). The summed E-state index contributed by atoms with van der Waals surface area (Å²) in [5.41, 5.74) is 5.93. The molecule has 108 valence electrons. The van der Waals surface area contributed by atoms with Gasteiger partial charge in [-0.15, -0.1) is 0 Å². The SMILES string of the molecule is NC(=O)Nc1cccc(C(=O)OCC(=O)c2ccc[nH]2)c1. The van der Waals surface area contributed by atoms with E-state index in [2.05, 4.69) is 10.3 Å². The van der Waals surface area contributed by atoms with Crippen molar-refractivity contribution in [1.29, 1.82) is 0 Å². The van der Waals surface area contributed by atoms with Gasteiger partial charge in [0.2, 0.25) is 5.78 Å². The zero-order chi connectivity index (χ0) is 15.2. The van der Waals surface area contributed by atoms with Crippen molar-refractivity contribution >= 4 is 23.5 Å². The summed E-state index contributed by atoms with van der Waals surface area (Å²) in [4.78, 5) is 37.0. The summed E-state index contributed by atoms with van der Waals surface area (Å²) in [5, 5.41) is 2.35. The first-order valence-corrected chi connectivity index (χ1v) is 6.06. The zero-order valence-corrected chi connectivity index (χ0v) is 11.0. The Bertz CT molecular complexity index is 665. The maximum Gasteiger partial charge on any atom is 0.338 e. The van der Waals surface area contributed by atoms with E-state index in [1.165, 1.54) is 12.1 Å². The van der Waals surface area contributed by atoms with Gasteiger partial charge in [-0.1, -0.05) is 6.07 Å². The third-order valence-electron chi connectivity index (χ3n) is 2.60. The van der Waals surface area contributed by atoms with Crippen LogP contribution in [0.1, 0.15) is 20.8 Å². The second-order valence-electron chi connectivity index (χ2n) is 4.15. The van der Waals surface area contributed by atoms with Crippen LogP contribution in [0.2, 0.25) is 0 Å². The molecule has 0 atom stereocenters. The Morgan fingerprint density at radius 3 is 2.67 bits per heavy atom. The molecule has 1 heterocycles. The molecule has 4 N–H and O–H groups in total. The highest BCUT2D eigenvalue weighted by molar-refractivity contribution is 5.98. The minimum Gasteiger partial charge on any atom is -0.454 e. The fraction of sp³-hybridized carbons (Fsp3) is 0.0714. The largest absolute Gasteiger partial charge is 0.454 e. The lowest BCUT2D eigenvalue weighted by Crippen LogP contribution is -2.19. The monoisotopic (exact) mass is 287 g/mol. The molecule has 7 nitrogen and oxygen atoms in total. The Morgan fingerprint density at radius 1 is 1.19 bits per heavy atom. The molecule has 0 saturated heterocycles. The first kappa shape index (κ1) is 14.3. The van der Waals surface area contributed by atoms with E-state index in [9.17, 15) is 14.4 Å². The molecular formula is C14H13N3O4. The van der Waals surface area contributed by atoms with Gasteiger partial charge in [0, 0.05) is 11.9 Å². The van der Waals surface area contributed by atoms with Crippen molar-refractivity contribution in [1.82, 2.24) is 4.98 Å². The Labute approximate surface area is 120 Å². The summed E-state index contributed by atoms with van der Waals surface area (Å²) in [6.45, 7) is -0.368. The average Bonchev–Trinajstić information content (AvgIpc) is 2.98. The van der Waals surface area contributed by atoms with Crippen LogP contribution in [0.4, 0.5) is 10.5 Å². The van der Waals surface area contributed by atoms with Crippen LogP contribution in [0.5, 0.6) is 0 Å². The summed E-state index contributed by atoms with van der Waals surface area (Å²) < 4.78 is 4.92. The van der Waals surface area contributed by atoms with E-state index in [0.717, 1.165) is 0 Å². The Kier molecular flexibility index (Phi) is 4.35. The number of H-pyrrole nitrogens is 1. The summed E-state index contributed by atoms with van der Waals surface area (Å²) in [5.74, 6) is -0.997. The summed E-state index contributed by atoms with van der Waals surface area (Å²) >= 11 is 0. The van der Waals surface area contributed by atoms with E-state index in [-0.39, 0.29) is 18.0 Å². The van der Waals surface area contributed by atoms with E-state index in [1.54, 1.807) is 30.5 Å². The third-order valence-corrected chi connectivity index (χ3v) is 2.60. The molecule has 1 aromatic carbocycles. The lowest BCUT2D eigenvalue weighted by atomic mass is 10.2. The number of hydrogen-bond donors (Lipinski definition) is 3. The van der Waals surface area contributed by atoms with Crippen LogP contribution < -0.4 is 11.1 Å². The van der Waals surface area contributed by atoms with Crippen molar-refractivity contribution in [2.24, 2.45) is 5.73 Å². The number of hydrogen-bond acceptors (Lipinski definition) is 4. The number of aromatic amines is 1. The molecule has 0 radical (unpaired) electrons. The van der Waals surface area contributed by atoms with Crippen LogP contribution >= 0.6 is 0 Å². The number of ketones is 1. The van der Waals surface area contributed by atoms with Gasteiger partial charge >= 0.3 is 12.0 Å². The maximum absolute atomic E-state index is 11.8. The van der Waals surface area contributed by atoms with Gasteiger partial charge in [0.05, 0.1) is 11.3 Å². The highest BCUT2D eigenvalue weighted by Gasteiger charge is 2.12. The average molecular weight is 287 g/mol. The number of aromatic nitrogens is 1. The first-order valence-electron chi connectivity index (χ1n) is 6.06. The van der Waals surface area contributed by atoms with Gasteiger partial charge in [0.1, 0.15) is 0 Å². The van der Waals surface area contributed by atoms with Gasteiger partial charge < -0.3 is 20.8 Å². The molecule has 0 saturated carbocycles. The second-order valence-corrected chi connectivity index (χ2v) is 4.15. The van der Waals surface area contributed by atoms with E-state index in [4.69, 9.17) is 10.5 Å². The number of anilines is 1. The number of rotatable bonds is 5. The number of Topliss-reactive ketones (excluding diaryl/α,β-unsaturated/α-hetero) is 1. The summed E-state index contributed by atoms with van der Waals surface area (Å²) in [6.07, 6.45) is 1.61. The predicted molar refractivity (Wildman–Crippen MR) is 75.1 cm³/mol. The number of urea groups is 1. The lowest BCUT2D eigenvalue weighted by molar-refractivity contribution is 0.0473. The van der Waals surface area contributed by atoms with Crippen LogP contribution in [-0.2, 0) is 4.74 Å². The number of nitrogens with one attached hydrogen (secondary N) is 2. The number of esters is 1. The van der Waals surface area contributed by atoms with Gasteiger partial charge in [-0.2, -0.15) is 0 Å². The lowest BCUT2D eigenvalue weighted by Gasteiger charge is -2.06. The molecule has 0 aliphatic heterocycles. The molecule has 2 aromatic rings. The van der Waals surface area contributed by atoms with Crippen molar-refractivity contribution < 1.29 is 19.1 Å². The van der Waals surface area contributed by atoms with Crippen LogP contribution in [-0.4, -0.2) is 29.4 Å². The van der Waals surface area contributed by atoms with Gasteiger partial charge in [0.25, 0.3) is 0 Å². The van der Waals surface area contributed by atoms with Gasteiger partial charge in [-0.3, -0.25) is 4.79 Å². The molecule has 0 aliphatic rings.